The summed E-state index contributed by atoms with van der Waals surface area (Å²) in [5.41, 5.74) is 0.0177. The Morgan fingerprint density at radius 2 is 1.90 bits per heavy atom. The molecule has 0 aliphatic heterocycles. The molecule has 2 fully saturated rings. The Bertz CT molecular complexity index is 278. The Morgan fingerprint density at radius 1 is 1.15 bits per heavy atom. The fourth-order valence-corrected chi connectivity index (χ4v) is 4.60. The number of nitrogens with one attached hydrogen (secondary N) is 1. The van der Waals surface area contributed by atoms with E-state index in [4.69, 9.17) is 0 Å². The molecule has 2 aliphatic carbocycles. The van der Waals surface area contributed by atoms with E-state index in [1.807, 2.05) is 0 Å². The summed E-state index contributed by atoms with van der Waals surface area (Å²) in [5, 5.41) is 13.5. The number of hydrogen-bond acceptors (Lipinski definition) is 3. The third-order valence-electron chi connectivity index (χ3n) is 5.78. The predicted molar refractivity (Wildman–Crippen MR) is 85.0 cm³/mol. The molecule has 3 nitrogen and oxygen atoms in total. The highest BCUT2D eigenvalue weighted by Gasteiger charge is 2.41. The van der Waals surface area contributed by atoms with E-state index in [1.54, 1.807) is 0 Å². The quantitative estimate of drug-likeness (QED) is 0.718. The van der Waals surface area contributed by atoms with Gasteiger partial charge >= 0.3 is 0 Å². The van der Waals surface area contributed by atoms with E-state index in [1.165, 1.54) is 58.0 Å². The molecule has 0 saturated heterocycles. The van der Waals surface area contributed by atoms with Crippen LogP contribution in [0.3, 0.4) is 0 Å². The van der Waals surface area contributed by atoms with Crippen molar-refractivity contribution in [3.8, 4) is 0 Å². The molecule has 2 aliphatic rings. The van der Waals surface area contributed by atoms with Gasteiger partial charge in [-0.1, -0.05) is 33.1 Å². The lowest BCUT2D eigenvalue weighted by Gasteiger charge is -2.37. The molecule has 2 atom stereocenters. The number of likely N-dealkylation sites (N-methyl/N-ethyl adjacent to an activating group) is 1. The first-order chi connectivity index (χ1) is 9.75. The van der Waals surface area contributed by atoms with Gasteiger partial charge in [0.25, 0.3) is 0 Å². The molecule has 0 amide bonds. The summed E-state index contributed by atoms with van der Waals surface area (Å²) < 4.78 is 0. The second kappa shape index (κ2) is 7.77. The van der Waals surface area contributed by atoms with Crippen molar-refractivity contribution in [2.45, 2.75) is 76.8 Å². The van der Waals surface area contributed by atoms with Crippen LogP contribution in [-0.2, 0) is 0 Å². The highest BCUT2D eigenvalue weighted by molar-refractivity contribution is 4.99. The normalized spacial score (nSPS) is 31.5. The van der Waals surface area contributed by atoms with Gasteiger partial charge in [-0.15, -0.1) is 0 Å². The number of nitrogens with zero attached hydrogens (tertiary/aromatic N) is 1. The molecule has 2 N–H and O–H groups in total. The van der Waals surface area contributed by atoms with Gasteiger partial charge in [-0.05, 0) is 57.7 Å². The molecule has 0 bridgehead atoms. The van der Waals surface area contributed by atoms with Crippen molar-refractivity contribution in [2.75, 3.05) is 26.2 Å². The lowest BCUT2D eigenvalue weighted by atomic mass is 9.85. The van der Waals surface area contributed by atoms with Gasteiger partial charge in [0.15, 0.2) is 0 Å². The lowest BCUT2D eigenvalue weighted by Crippen LogP contribution is -2.52. The molecule has 0 heterocycles. The van der Waals surface area contributed by atoms with E-state index in [0.717, 1.165) is 19.0 Å². The van der Waals surface area contributed by atoms with Crippen molar-refractivity contribution in [3.05, 3.63) is 0 Å². The largest absolute Gasteiger partial charge is 0.394 e. The van der Waals surface area contributed by atoms with Gasteiger partial charge in [0, 0.05) is 11.6 Å². The van der Waals surface area contributed by atoms with Crippen LogP contribution in [0.25, 0.3) is 0 Å². The minimum absolute atomic E-state index is 0.0177. The second-order valence-corrected chi connectivity index (χ2v) is 6.79. The lowest BCUT2D eigenvalue weighted by molar-refractivity contribution is 0.107. The maximum Gasteiger partial charge on any atom is 0.0616 e. The SMILES string of the molecule is CCNC1(CO)CCCC1CCN(CC)C1CCCC1. The van der Waals surface area contributed by atoms with Crippen molar-refractivity contribution in [1.29, 1.82) is 0 Å². The molecule has 2 unspecified atom stereocenters. The highest BCUT2D eigenvalue weighted by atomic mass is 16.3. The van der Waals surface area contributed by atoms with Crippen LogP contribution in [0.1, 0.15) is 65.2 Å². The van der Waals surface area contributed by atoms with E-state index in [0.29, 0.717) is 12.5 Å². The fraction of sp³-hybridized carbons (Fsp3) is 1.00. The Balaban J connectivity index is 1.87. The van der Waals surface area contributed by atoms with Gasteiger partial charge in [-0.2, -0.15) is 0 Å². The first kappa shape index (κ1) is 16.3. The fourth-order valence-electron chi connectivity index (χ4n) is 4.60. The third-order valence-corrected chi connectivity index (χ3v) is 5.78. The zero-order valence-corrected chi connectivity index (χ0v) is 13.5. The standard InChI is InChI=1S/C17H34N2O/c1-3-18-17(14-20)12-7-8-15(17)11-13-19(4-2)16-9-5-6-10-16/h15-16,18,20H,3-14H2,1-2H3. The Labute approximate surface area is 125 Å². The molecule has 0 aromatic carbocycles. The van der Waals surface area contributed by atoms with Crippen molar-refractivity contribution in [3.63, 3.8) is 0 Å². The van der Waals surface area contributed by atoms with Gasteiger partial charge in [0.05, 0.1) is 6.61 Å². The van der Waals surface area contributed by atoms with Crippen molar-refractivity contribution in [2.24, 2.45) is 5.92 Å². The van der Waals surface area contributed by atoms with Crippen LogP contribution in [0.2, 0.25) is 0 Å². The average molecular weight is 282 g/mol. The summed E-state index contributed by atoms with van der Waals surface area (Å²) in [4.78, 5) is 2.69. The number of aliphatic hydroxyl groups excluding tert-OH is 1. The molecule has 0 spiro atoms. The van der Waals surface area contributed by atoms with Crippen LogP contribution in [0.15, 0.2) is 0 Å². The molecular formula is C17H34N2O. The molecule has 3 heteroatoms. The van der Waals surface area contributed by atoms with Crippen molar-refractivity contribution >= 4 is 0 Å². The first-order valence-electron chi connectivity index (χ1n) is 8.85. The molecule has 0 aromatic heterocycles. The van der Waals surface area contributed by atoms with Crippen LogP contribution in [0.5, 0.6) is 0 Å². The number of hydrogen-bond donors (Lipinski definition) is 2. The molecule has 118 valence electrons. The minimum Gasteiger partial charge on any atom is -0.394 e. The Kier molecular flexibility index (Phi) is 6.31. The molecule has 2 saturated carbocycles. The van der Waals surface area contributed by atoms with E-state index >= 15 is 0 Å². The first-order valence-corrected chi connectivity index (χ1v) is 8.85. The highest BCUT2D eigenvalue weighted by Crippen LogP contribution is 2.38. The van der Waals surface area contributed by atoms with Gasteiger partial charge in [-0.25, -0.2) is 0 Å². The summed E-state index contributed by atoms with van der Waals surface area (Å²) >= 11 is 0. The van der Waals surface area contributed by atoms with Gasteiger partial charge < -0.3 is 15.3 Å². The molecular weight excluding hydrogens is 248 g/mol. The molecule has 20 heavy (non-hydrogen) atoms. The van der Waals surface area contributed by atoms with Crippen LogP contribution < -0.4 is 5.32 Å². The summed E-state index contributed by atoms with van der Waals surface area (Å²) in [6.07, 6.45) is 10.6. The van der Waals surface area contributed by atoms with Crippen LogP contribution in [0.4, 0.5) is 0 Å². The van der Waals surface area contributed by atoms with E-state index < -0.39 is 0 Å². The van der Waals surface area contributed by atoms with E-state index in [9.17, 15) is 5.11 Å². The summed E-state index contributed by atoms with van der Waals surface area (Å²) in [5.74, 6) is 0.655. The maximum absolute atomic E-state index is 9.88. The van der Waals surface area contributed by atoms with Gasteiger partial charge in [0.1, 0.15) is 0 Å². The van der Waals surface area contributed by atoms with Crippen molar-refractivity contribution < 1.29 is 5.11 Å². The van der Waals surface area contributed by atoms with Gasteiger partial charge in [-0.3, -0.25) is 0 Å². The van der Waals surface area contributed by atoms with Gasteiger partial charge in [0.2, 0.25) is 0 Å². The Morgan fingerprint density at radius 3 is 2.50 bits per heavy atom. The summed E-state index contributed by atoms with van der Waals surface area (Å²) in [7, 11) is 0. The summed E-state index contributed by atoms with van der Waals surface area (Å²) in [6.45, 7) is 8.14. The molecule has 0 aromatic rings. The number of rotatable bonds is 8. The minimum atomic E-state index is 0.0177. The monoisotopic (exact) mass is 282 g/mol. The van der Waals surface area contributed by atoms with Crippen LogP contribution in [-0.4, -0.2) is 47.8 Å². The van der Waals surface area contributed by atoms with Crippen molar-refractivity contribution in [1.82, 2.24) is 10.2 Å². The average Bonchev–Trinajstić information content (AvgIpc) is 3.11. The topological polar surface area (TPSA) is 35.5 Å². The third kappa shape index (κ3) is 3.55. The zero-order valence-electron chi connectivity index (χ0n) is 13.5. The zero-order chi connectivity index (χ0) is 14.4. The molecule has 2 rings (SSSR count). The molecule has 0 radical (unpaired) electrons. The van der Waals surface area contributed by atoms with Crippen LogP contribution >= 0.6 is 0 Å². The predicted octanol–water partition coefficient (Wildman–Crippen LogP) is 2.78. The van der Waals surface area contributed by atoms with E-state index in [2.05, 4.69) is 24.1 Å². The summed E-state index contributed by atoms with van der Waals surface area (Å²) in [6, 6.07) is 0.837. The Hall–Kier alpha value is -0.120. The second-order valence-electron chi connectivity index (χ2n) is 6.79. The van der Waals surface area contributed by atoms with E-state index in [-0.39, 0.29) is 5.54 Å². The maximum atomic E-state index is 9.88. The smallest absolute Gasteiger partial charge is 0.0616 e. The number of aliphatic hydroxyl groups is 1. The van der Waals surface area contributed by atoms with Crippen LogP contribution in [0, 0.1) is 5.92 Å².